The van der Waals surface area contributed by atoms with E-state index in [-0.39, 0.29) is 0 Å². The number of rotatable bonds is 8. The van der Waals surface area contributed by atoms with Crippen LogP contribution in [0.4, 0.5) is 0 Å². The van der Waals surface area contributed by atoms with Crippen LogP contribution in [0.25, 0.3) is 0 Å². The van der Waals surface area contributed by atoms with Crippen LogP contribution in [0.5, 0.6) is 5.75 Å². The number of ether oxygens (including phenoxy) is 1. The summed E-state index contributed by atoms with van der Waals surface area (Å²) in [5.74, 6) is 1.95. The molecule has 2 aliphatic heterocycles. The number of fused-ring (bicyclic) bond motifs is 1. The van der Waals surface area contributed by atoms with Crippen LogP contribution in [0.15, 0.2) is 18.2 Å². The molecule has 26 heavy (non-hydrogen) atoms. The second-order valence-electron chi connectivity index (χ2n) is 8.65. The topological polar surface area (TPSA) is 15.7 Å². The summed E-state index contributed by atoms with van der Waals surface area (Å²) in [5.41, 5.74) is 3.11. The summed E-state index contributed by atoms with van der Waals surface area (Å²) < 4.78 is 6.04. The summed E-state index contributed by atoms with van der Waals surface area (Å²) in [7, 11) is 0. The van der Waals surface area contributed by atoms with E-state index in [1.807, 2.05) is 0 Å². The van der Waals surface area contributed by atoms with E-state index in [4.69, 9.17) is 4.74 Å². The number of likely N-dealkylation sites (tertiary alicyclic amines) is 2. The highest BCUT2D eigenvalue weighted by Gasteiger charge is 2.22. The molecule has 1 unspecified atom stereocenters. The molecule has 2 fully saturated rings. The maximum atomic E-state index is 6.04. The van der Waals surface area contributed by atoms with Crippen molar-refractivity contribution >= 4 is 0 Å². The average molecular weight is 357 g/mol. The molecule has 0 saturated carbocycles. The normalized spacial score (nSPS) is 24.1. The lowest BCUT2D eigenvalue weighted by atomic mass is 9.83. The molecule has 3 nitrogen and oxygen atoms in total. The van der Waals surface area contributed by atoms with E-state index in [0.717, 1.165) is 18.3 Å². The van der Waals surface area contributed by atoms with Crippen molar-refractivity contribution in [3.63, 3.8) is 0 Å². The zero-order valence-corrected chi connectivity index (χ0v) is 16.4. The minimum atomic E-state index is 0.859. The first-order valence-electron chi connectivity index (χ1n) is 11.1. The van der Waals surface area contributed by atoms with Crippen LogP contribution in [0, 0.1) is 5.92 Å². The quantitative estimate of drug-likeness (QED) is 0.651. The van der Waals surface area contributed by atoms with Crippen molar-refractivity contribution in [1.82, 2.24) is 9.80 Å². The lowest BCUT2D eigenvalue weighted by Crippen LogP contribution is -2.30. The smallest absolute Gasteiger partial charge is 0.119 e. The van der Waals surface area contributed by atoms with E-state index in [1.54, 1.807) is 5.56 Å². The maximum Gasteiger partial charge on any atom is 0.119 e. The Bertz CT molecular complexity index is 561. The van der Waals surface area contributed by atoms with Crippen molar-refractivity contribution in [2.75, 3.05) is 45.9 Å². The van der Waals surface area contributed by atoms with Gasteiger partial charge in [-0.1, -0.05) is 6.07 Å². The first kappa shape index (κ1) is 18.3. The van der Waals surface area contributed by atoms with Crippen LogP contribution >= 0.6 is 0 Å². The van der Waals surface area contributed by atoms with Crippen molar-refractivity contribution in [2.45, 2.75) is 57.8 Å². The Morgan fingerprint density at radius 2 is 1.65 bits per heavy atom. The molecule has 0 spiro atoms. The van der Waals surface area contributed by atoms with Crippen LogP contribution in [0.2, 0.25) is 0 Å². The average Bonchev–Trinajstić information content (AvgIpc) is 3.35. The van der Waals surface area contributed by atoms with Gasteiger partial charge in [-0.15, -0.1) is 0 Å². The fourth-order valence-corrected chi connectivity index (χ4v) is 5.02. The molecule has 3 aliphatic rings. The second kappa shape index (κ2) is 9.23. The third-order valence-electron chi connectivity index (χ3n) is 6.56. The van der Waals surface area contributed by atoms with Crippen LogP contribution < -0.4 is 4.74 Å². The molecule has 0 bridgehead atoms. The summed E-state index contributed by atoms with van der Waals surface area (Å²) in [6.07, 6.45) is 11.9. The van der Waals surface area contributed by atoms with E-state index in [1.165, 1.54) is 103 Å². The Labute approximate surface area is 159 Å². The van der Waals surface area contributed by atoms with Gasteiger partial charge in [0.1, 0.15) is 5.75 Å². The van der Waals surface area contributed by atoms with Gasteiger partial charge >= 0.3 is 0 Å². The molecule has 4 rings (SSSR count). The van der Waals surface area contributed by atoms with Crippen molar-refractivity contribution in [2.24, 2.45) is 5.92 Å². The first-order chi connectivity index (χ1) is 12.9. The van der Waals surface area contributed by atoms with E-state index in [0.29, 0.717) is 0 Å². The van der Waals surface area contributed by atoms with Gasteiger partial charge < -0.3 is 14.5 Å². The molecule has 0 amide bonds. The van der Waals surface area contributed by atoms with Gasteiger partial charge in [-0.2, -0.15) is 0 Å². The van der Waals surface area contributed by atoms with Crippen molar-refractivity contribution < 1.29 is 4.74 Å². The predicted octanol–water partition coefficient (Wildman–Crippen LogP) is 4.14. The number of benzene rings is 1. The SMILES string of the molecule is c1cc2c(cc1OCCCCN1CCCC1)CCC(CN1CCCC1)C2. The van der Waals surface area contributed by atoms with Gasteiger partial charge in [-0.3, -0.25) is 0 Å². The van der Waals surface area contributed by atoms with Gasteiger partial charge in [0.2, 0.25) is 0 Å². The first-order valence-corrected chi connectivity index (χ1v) is 11.1. The zero-order chi connectivity index (χ0) is 17.6. The molecule has 0 N–H and O–H groups in total. The van der Waals surface area contributed by atoms with Crippen molar-refractivity contribution in [1.29, 1.82) is 0 Å². The third-order valence-corrected chi connectivity index (χ3v) is 6.56. The van der Waals surface area contributed by atoms with Gasteiger partial charge in [0.25, 0.3) is 0 Å². The van der Waals surface area contributed by atoms with Gasteiger partial charge in [0.15, 0.2) is 0 Å². The fourth-order valence-electron chi connectivity index (χ4n) is 5.02. The molecule has 1 aromatic rings. The van der Waals surface area contributed by atoms with E-state index in [2.05, 4.69) is 28.0 Å². The van der Waals surface area contributed by atoms with E-state index >= 15 is 0 Å². The third kappa shape index (κ3) is 5.01. The van der Waals surface area contributed by atoms with Crippen LogP contribution in [-0.4, -0.2) is 55.7 Å². The minimum absolute atomic E-state index is 0.859. The Morgan fingerprint density at radius 3 is 2.46 bits per heavy atom. The highest BCUT2D eigenvalue weighted by Crippen LogP contribution is 2.30. The zero-order valence-electron chi connectivity index (χ0n) is 16.4. The van der Waals surface area contributed by atoms with E-state index in [9.17, 15) is 0 Å². The standard InChI is InChI=1S/C23H36N2O/c1-2-12-24(11-1)13-5-6-16-26-23-10-9-21-17-20(7-8-22(21)18-23)19-25-14-3-4-15-25/h9-10,18,20H,1-8,11-17,19H2. The molecule has 3 heteroatoms. The number of unbranched alkanes of at least 4 members (excludes halogenated alkanes) is 1. The highest BCUT2D eigenvalue weighted by atomic mass is 16.5. The molecule has 144 valence electrons. The lowest BCUT2D eigenvalue weighted by molar-refractivity contribution is 0.261. The number of aryl methyl sites for hydroxylation is 1. The Kier molecular flexibility index (Phi) is 6.50. The van der Waals surface area contributed by atoms with Gasteiger partial charge in [-0.05, 0) is 120 Å². The molecule has 1 atom stereocenters. The molecule has 2 saturated heterocycles. The molecular formula is C23H36N2O. The second-order valence-corrected chi connectivity index (χ2v) is 8.65. The fraction of sp³-hybridized carbons (Fsp3) is 0.739. The summed E-state index contributed by atoms with van der Waals surface area (Å²) in [6, 6.07) is 6.87. The highest BCUT2D eigenvalue weighted by molar-refractivity contribution is 5.37. The monoisotopic (exact) mass is 356 g/mol. The molecule has 0 radical (unpaired) electrons. The predicted molar refractivity (Wildman–Crippen MR) is 108 cm³/mol. The Morgan fingerprint density at radius 1 is 0.885 bits per heavy atom. The lowest BCUT2D eigenvalue weighted by Gasteiger charge is -2.28. The van der Waals surface area contributed by atoms with Crippen LogP contribution in [0.1, 0.15) is 56.1 Å². The van der Waals surface area contributed by atoms with Crippen molar-refractivity contribution in [3.05, 3.63) is 29.3 Å². The van der Waals surface area contributed by atoms with Gasteiger partial charge in [0, 0.05) is 6.54 Å². The number of nitrogens with zero attached hydrogens (tertiary/aromatic N) is 2. The van der Waals surface area contributed by atoms with Gasteiger partial charge in [-0.25, -0.2) is 0 Å². The minimum Gasteiger partial charge on any atom is -0.494 e. The largest absolute Gasteiger partial charge is 0.494 e. The number of hydrogen-bond donors (Lipinski definition) is 0. The molecule has 2 heterocycles. The van der Waals surface area contributed by atoms with E-state index < -0.39 is 0 Å². The van der Waals surface area contributed by atoms with Crippen LogP contribution in [-0.2, 0) is 12.8 Å². The molecule has 0 aromatic heterocycles. The summed E-state index contributed by atoms with van der Waals surface area (Å²) in [5, 5.41) is 0. The maximum absolute atomic E-state index is 6.04. The van der Waals surface area contributed by atoms with Crippen molar-refractivity contribution in [3.8, 4) is 5.75 Å². The summed E-state index contributed by atoms with van der Waals surface area (Å²) in [4.78, 5) is 5.27. The van der Waals surface area contributed by atoms with Gasteiger partial charge in [0.05, 0.1) is 6.61 Å². The Balaban J connectivity index is 1.19. The number of hydrogen-bond acceptors (Lipinski definition) is 3. The molecule has 1 aromatic carbocycles. The van der Waals surface area contributed by atoms with Crippen LogP contribution in [0.3, 0.4) is 0 Å². The Hall–Kier alpha value is -1.06. The summed E-state index contributed by atoms with van der Waals surface area (Å²) >= 11 is 0. The molecule has 1 aliphatic carbocycles. The summed E-state index contributed by atoms with van der Waals surface area (Å²) in [6.45, 7) is 8.71. The molecular weight excluding hydrogens is 320 g/mol.